The van der Waals surface area contributed by atoms with Crippen molar-refractivity contribution in [3.8, 4) is 44.5 Å². The minimum Gasteiger partial charge on any atom is -0.204 e. The third-order valence-electron chi connectivity index (χ3n) is 21.6. The van der Waals surface area contributed by atoms with E-state index in [-0.39, 0.29) is 0 Å². The van der Waals surface area contributed by atoms with Crippen LogP contribution < -0.4 is 0 Å². The van der Waals surface area contributed by atoms with E-state index in [1.165, 1.54) is 189 Å². The molecule has 0 bridgehead atoms. The first kappa shape index (κ1) is 75.1. The van der Waals surface area contributed by atoms with E-state index in [9.17, 15) is 52.7 Å². The molecule has 4 saturated carbocycles. The van der Waals surface area contributed by atoms with Crippen molar-refractivity contribution in [1.29, 1.82) is 0 Å². The molecule has 0 aliphatic heterocycles. The van der Waals surface area contributed by atoms with Crippen LogP contribution in [-0.4, -0.2) is 0 Å². The van der Waals surface area contributed by atoms with Crippen molar-refractivity contribution in [3.05, 3.63) is 238 Å². The van der Waals surface area contributed by atoms with Crippen LogP contribution in [0.15, 0.2) is 146 Å². The number of rotatable bonds is 18. The molecule has 0 spiro atoms. The van der Waals surface area contributed by atoms with Gasteiger partial charge < -0.3 is 0 Å². The number of hydrogen-bond acceptors (Lipinski definition) is 0. The molecule has 0 N–H and O–H groups in total. The van der Waals surface area contributed by atoms with Crippen LogP contribution >= 0.6 is 0 Å². The van der Waals surface area contributed by atoms with Crippen molar-refractivity contribution in [2.75, 3.05) is 0 Å². The van der Waals surface area contributed by atoms with E-state index < -0.39 is 69.8 Å². The lowest BCUT2D eigenvalue weighted by Crippen LogP contribution is -2.13. The molecule has 0 saturated heterocycles. The van der Waals surface area contributed by atoms with E-state index in [1.54, 1.807) is 0 Å². The zero-order valence-electron chi connectivity index (χ0n) is 57.4. The fraction of sp³-hybridized carbons (Fsp3) is 0.442. The lowest BCUT2D eigenvalue weighted by atomic mass is 9.77. The van der Waals surface area contributed by atoms with Crippen molar-refractivity contribution < 1.29 is 52.7 Å². The summed E-state index contributed by atoms with van der Waals surface area (Å²) < 4.78 is 159. The molecular weight excluding hydrogens is 1260 g/mol. The molecule has 0 radical (unpaired) electrons. The summed E-state index contributed by atoms with van der Waals surface area (Å²) in [7, 11) is 0. The standard InChI is InChI=1S/C23H27F3.C22H25F3.C21H23F3.C20H21F3/c1-2-3-4-5-16-6-8-17(9-7-16)18-10-12-19(13-11-18)20-14-21(24)23(26)22(25)15-20;1-2-3-4-15-5-7-16(8-6-15)17-9-11-18(12-10-17)19-13-20(23)22(25)21(24)14-19;1-2-3-14-4-6-15(7-5-14)16-8-10-17(11-9-16)18-12-19(22)21(24)20(23)13-18;1-2-13-3-5-14(6-4-13)15-7-9-16(10-8-15)17-11-18(21)20(23)19(22)12-17/h10-17H,2-9H2,1H3;9-16H,2-8H2,1H3;8-15H,2-7H2,1H3;7-14H,2-6H2,1H3. The minimum absolute atomic E-state index is 0.364. The third kappa shape index (κ3) is 20.5. The first-order chi connectivity index (χ1) is 47.3. The highest BCUT2D eigenvalue weighted by Crippen LogP contribution is 2.43. The Hall–Kier alpha value is -7.08. The Bertz CT molecular complexity index is 3660. The minimum atomic E-state index is -1.42. The van der Waals surface area contributed by atoms with Crippen molar-refractivity contribution >= 4 is 0 Å². The van der Waals surface area contributed by atoms with Crippen LogP contribution in [0, 0.1) is 93.5 Å². The largest absolute Gasteiger partial charge is 0.204 e. The summed E-state index contributed by atoms with van der Waals surface area (Å²) in [5.41, 5.74) is 9.45. The molecule has 0 atom stereocenters. The maximum atomic E-state index is 13.4. The molecule has 4 fully saturated rings. The summed E-state index contributed by atoms with van der Waals surface area (Å²) in [6.45, 7) is 8.98. The quantitative estimate of drug-likeness (QED) is 0.0456. The zero-order chi connectivity index (χ0) is 69.8. The lowest BCUT2D eigenvalue weighted by Gasteiger charge is -2.29. The first-order valence-corrected chi connectivity index (χ1v) is 36.3. The first-order valence-electron chi connectivity index (χ1n) is 36.3. The van der Waals surface area contributed by atoms with E-state index in [0.717, 1.165) is 72.2 Å². The molecule has 12 rings (SSSR count). The summed E-state index contributed by atoms with van der Waals surface area (Å²) in [6.07, 6.45) is 33.1. The molecule has 8 aromatic carbocycles. The second kappa shape index (κ2) is 36.8. The van der Waals surface area contributed by atoms with Crippen LogP contribution in [0.2, 0.25) is 0 Å². The molecule has 0 heterocycles. The van der Waals surface area contributed by atoms with E-state index in [4.69, 9.17) is 0 Å². The second-order valence-corrected chi connectivity index (χ2v) is 28.2. The van der Waals surface area contributed by atoms with Gasteiger partial charge in [0.1, 0.15) is 0 Å². The maximum absolute atomic E-state index is 13.4. The predicted molar refractivity (Wildman–Crippen MR) is 375 cm³/mol. The SMILES string of the molecule is CCC1CCC(c2ccc(-c3cc(F)c(F)c(F)c3)cc2)CC1.CCCC1CCC(c2ccc(-c3cc(F)c(F)c(F)c3)cc2)CC1.CCCCC1CCC(c2ccc(-c3cc(F)c(F)c(F)c3)cc2)CC1.CCCCCC1CCC(c2ccc(-c3cc(F)c(F)c(F)c3)cc2)CC1. The fourth-order valence-electron chi connectivity index (χ4n) is 15.5. The van der Waals surface area contributed by atoms with Gasteiger partial charge in [0.2, 0.25) is 0 Å². The molecular formula is C86H96F12. The van der Waals surface area contributed by atoms with Crippen molar-refractivity contribution in [3.63, 3.8) is 0 Å². The Balaban J connectivity index is 0.000000153. The third-order valence-corrected chi connectivity index (χ3v) is 21.6. The summed E-state index contributed by atoms with van der Waals surface area (Å²) >= 11 is 0. The van der Waals surface area contributed by atoms with Gasteiger partial charge in [-0.2, -0.15) is 0 Å². The van der Waals surface area contributed by atoms with Gasteiger partial charge >= 0.3 is 0 Å². The molecule has 98 heavy (non-hydrogen) atoms. The summed E-state index contributed by atoms with van der Waals surface area (Å²) in [6, 6.07) is 39.7. The van der Waals surface area contributed by atoms with Crippen LogP contribution in [0.25, 0.3) is 44.5 Å². The van der Waals surface area contributed by atoms with Gasteiger partial charge in [-0.3, -0.25) is 0 Å². The van der Waals surface area contributed by atoms with E-state index in [0.29, 0.717) is 68.2 Å². The number of benzene rings is 8. The Morgan fingerprint density at radius 1 is 0.224 bits per heavy atom. The van der Waals surface area contributed by atoms with Gasteiger partial charge in [0.25, 0.3) is 0 Å². The summed E-state index contributed by atoms with van der Waals surface area (Å²) in [5.74, 6) is -9.07. The number of unbranched alkanes of at least 4 members (excludes halogenated alkanes) is 3. The van der Waals surface area contributed by atoms with Gasteiger partial charge in [0, 0.05) is 0 Å². The fourth-order valence-corrected chi connectivity index (χ4v) is 15.5. The second-order valence-electron chi connectivity index (χ2n) is 28.2. The van der Waals surface area contributed by atoms with E-state index in [2.05, 4.69) is 39.8 Å². The molecule has 0 nitrogen and oxygen atoms in total. The highest BCUT2D eigenvalue weighted by Gasteiger charge is 2.27. The van der Waals surface area contributed by atoms with E-state index >= 15 is 0 Å². The van der Waals surface area contributed by atoms with Crippen LogP contribution in [0.4, 0.5) is 52.7 Å². The van der Waals surface area contributed by atoms with Crippen molar-refractivity contribution in [1.82, 2.24) is 0 Å². The van der Waals surface area contributed by atoms with Gasteiger partial charge in [0.05, 0.1) is 0 Å². The highest BCUT2D eigenvalue weighted by molar-refractivity contribution is 5.67. The smallest absolute Gasteiger partial charge is 0.194 e. The van der Waals surface area contributed by atoms with Crippen molar-refractivity contribution in [2.45, 2.75) is 218 Å². The van der Waals surface area contributed by atoms with Crippen LogP contribution in [-0.2, 0) is 0 Å². The van der Waals surface area contributed by atoms with Crippen molar-refractivity contribution in [2.24, 2.45) is 23.7 Å². The normalized spacial score (nSPS) is 20.8. The Kier molecular flexibility index (Phi) is 28.2. The van der Waals surface area contributed by atoms with Gasteiger partial charge in [-0.25, -0.2) is 52.7 Å². The highest BCUT2D eigenvalue weighted by atomic mass is 19.2. The predicted octanol–water partition coefficient (Wildman–Crippen LogP) is 28.2. The topological polar surface area (TPSA) is 0 Å². The molecule has 0 unspecified atom stereocenters. The molecule has 12 heteroatoms. The molecule has 4 aliphatic carbocycles. The van der Waals surface area contributed by atoms with Crippen LogP contribution in [0.1, 0.15) is 241 Å². The molecule has 0 amide bonds. The Labute approximate surface area is 574 Å². The number of hydrogen-bond donors (Lipinski definition) is 0. The van der Waals surface area contributed by atoms with Gasteiger partial charge in [0.15, 0.2) is 69.8 Å². The maximum Gasteiger partial charge on any atom is 0.194 e. The molecule has 524 valence electrons. The average Bonchev–Trinajstić information content (AvgIpc) is 0.844. The lowest BCUT2D eigenvalue weighted by molar-refractivity contribution is 0.303. The van der Waals surface area contributed by atoms with E-state index in [1.807, 2.05) is 84.9 Å². The van der Waals surface area contributed by atoms with Gasteiger partial charge in [-0.1, -0.05) is 189 Å². The summed E-state index contributed by atoms with van der Waals surface area (Å²) in [4.78, 5) is 0. The Morgan fingerprint density at radius 2 is 0.439 bits per heavy atom. The van der Waals surface area contributed by atoms with Crippen LogP contribution in [0.3, 0.4) is 0 Å². The van der Waals surface area contributed by atoms with Gasteiger partial charge in [-0.05, 0) is 265 Å². The molecule has 4 aliphatic rings. The molecule has 8 aromatic rings. The average molecular weight is 1360 g/mol. The van der Waals surface area contributed by atoms with Crippen LogP contribution in [0.5, 0.6) is 0 Å². The Morgan fingerprint density at radius 3 is 0.653 bits per heavy atom. The van der Waals surface area contributed by atoms with Gasteiger partial charge in [-0.15, -0.1) is 0 Å². The zero-order valence-corrected chi connectivity index (χ0v) is 57.4. The summed E-state index contributed by atoms with van der Waals surface area (Å²) in [5, 5.41) is 0. The monoisotopic (exact) mass is 1360 g/mol. The number of halogens is 12. The molecule has 0 aromatic heterocycles.